The molecular weight excluding hydrogens is 316 g/mol. The third-order valence-corrected chi connectivity index (χ3v) is 4.76. The lowest BCUT2D eigenvalue weighted by atomic mass is 9.87. The first-order valence-electron chi connectivity index (χ1n) is 8.43. The summed E-state index contributed by atoms with van der Waals surface area (Å²) in [5, 5.41) is 2.91. The topological polar surface area (TPSA) is 58.6 Å². The lowest BCUT2D eigenvalue weighted by molar-refractivity contribution is -0.131. The van der Waals surface area contributed by atoms with Crippen LogP contribution in [0.4, 0.5) is 4.79 Å². The zero-order valence-corrected chi connectivity index (χ0v) is 14.5. The van der Waals surface area contributed by atoms with Gasteiger partial charge in [-0.15, -0.1) is 0 Å². The molecule has 0 saturated carbocycles. The molecule has 2 aromatic rings. The average Bonchev–Trinajstić information content (AvgIpc) is 2.92. The number of carbonyl (C=O) groups excluding carboxylic acids is 2. The number of hydrogen-bond donors (Lipinski definition) is 1. The average molecular weight is 338 g/mol. The van der Waals surface area contributed by atoms with Crippen molar-refractivity contribution < 1.29 is 14.3 Å². The Morgan fingerprint density at radius 1 is 1.04 bits per heavy atom. The second-order valence-corrected chi connectivity index (χ2v) is 6.11. The largest absolute Gasteiger partial charge is 0.497 e. The van der Waals surface area contributed by atoms with Crippen LogP contribution in [0.15, 0.2) is 54.6 Å². The van der Waals surface area contributed by atoms with Crippen molar-refractivity contribution in [2.24, 2.45) is 0 Å². The highest BCUT2D eigenvalue weighted by atomic mass is 16.5. The molecule has 1 saturated heterocycles. The maximum absolute atomic E-state index is 13.0. The fraction of sp³-hybridized carbons (Fsp3) is 0.300. The van der Waals surface area contributed by atoms with Crippen LogP contribution < -0.4 is 10.1 Å². The van der Waals surface area contributed by atoms with Crippen molar-refractivity contribution in [3.8, 4) is 5.75 Å². The SMILES string of the molecule is CCC1(c2ccccc2)NC(=O)N(CCc2ccc(OC)cc2)C1=O. The Bertz CT molecular complexity index is 758. The molecule has 1 atom stereocenters. The minimum atomic E-state index is -0.960. The van der Waals surface area contributed by atoms with Crippen LogP contribution in [0.5, 0.6) is 5.75 Å². The quantitative estimate of drug-likeness (QED) is 0.824. The standard InChI is InChI=1S/C20H22N2O3/c1-3-20(16-7-5-4-6-8-16)18(23)22(19(24)21-20)14-13-15-9-11-17(25-2)12-10-15/h4-12H,3,13-14H2,1-2H3,(H,21,24). The number of nitrogens with zero attached hydrogens (tertiary/aromatic N) is 1. The summed E-state index contributed by atoms with van der Waals surface area (Å²) in [4.78, 5) is 26.8. The lowest BCUT2D eigenvalue weighted by Crippen LogP contribution is -2.43. The molecular formula is C20H22N2O3. The molecule has 0 aliphatic carbocycles. The van der Waals surface area contributed by atoms with Crippen molar-refractivity contribution in [3.63, 3.8) is 0 Å². The number of urea groups is 1. The first kappa shape index (κ1) is 17.0. The molecule has 1 heterocycles. The molecule has 1 fully saturated rings. The van der Waals surface area contributed by atoms with Crippen molar-refractivity contribution in [3.05, 3.63) is 65.7 Å². The predicted octanol–water partition coefficient (Wildman–Crippen LogP) is 3.10. The van der Waals surface area contributed by atoms with Crippen LogP contribution in [0.1, 0.15) is 24.5 Å². The minimum Gasteiger partial charge on any atom is -0.497 e. The van der Waals surface area contributed by atoms with Gasteiger partial charge < -0.3 is 10.1 Å². The Morgan fingerprint density at radius 2 is 1.72 bits per heavy atom. The molecule has 1 N–H and O–H groups in total. The Kier molecular flexibility index (Phi) is 4.74. The second-order valence-electron chi connectivity index (χ2n) is 6.11. The molecule has 0 bridgehead atoms. The summed E-state index contributed by atoms with van der Waals surface area (Å²) in [5.41, 5.74) is 0.913. The Labute approximate surface area is 147 Å². The first-order chi connectivity index (χ1) is 12.1. The number of amides is 3. The molecule has 0 aromatic heterocycles. The van der Waals surface area contributed by atoms with Gasteiger partial charge >= 0.3 is 6.03 Å². The van der Waals surface area contributed by atoms with Crippen molar-refractivity contribution in [1.82, 2.24) is 10.2 Å². The zero-order chi connectivity index (χ0) is 17.9. The number of nitrogens with one attached hydrogen (secondary N) is 1. The molecule has 3 amide bonds. The maximum Gasteiger partial charge on any atom is 0.325 e. The monoisotopic (exact) mass is 338 g/mol. The Balaban J connectivity index is 1.76. The molecule has 1 aliphatic rings. The third-order valence-electron chi connectivity index (χ3n) is 4.76. The van der Waals surface area contributed by atoms with E-state index in [1.54, 1.807) is 7.11 Å². The van der Waals surface area contributed by atoms with Crippen LogP contribution >= 0.6 is 0 Å². The third kappa shape index (κ3) is 3.09. The number of ether oxygens (including phenoxy) is 1. The molecule has 0 radical (unpaired) electrons. The van der Waals surface area contributed by atoms with E-state index in [0.717, 1.165) is 16.9 Å². The highest BCUT2D eigenvalue weighted by Crippen LogP contribution is 2.32. The molecule has 1 aliphatic heterocycles. The predicted molar refractivity (Wildman–Crippen MR) is 95.4 cm³/mol. The number of benzene rings is 2. The maximum atomic E-state index is 13.0. The smallest absolute Gasteiger partial charge is 0.325 e. The summed E-state index contributed by atoms with van der Waals surface area (Å²) in [7, 11) is 1.62. The van der Waals surface area contributed by atoms with Gasteiger partial charge in [-0.05, 0) is 36.1 Å². The van der Waals surface area contributed by atoms with E-state index in [1.807, 2.05) is 61.5 Å². The summed E-state index contributed by atoms with van der Waals surface area (Å²) >= 11 is 0. The fourth-order valence-electron chi connectivity index (χ4n) is 3.22. The van der Waals surface area contributed by atoms with E-state index >= 15 is 0 Å². The molecule has 0 spiro atoms. The lowest BCUT2D eigenvalue weighted by Gasteiger charge is -2.25. The minimum absolute atomic E-state index is 0.181. The van der Waals surface area contributed by atoms with E-state index in [1.165, 1.54) is 4.90 Å². The molecule has 1 unspecified atom stereocenters. The van der Waals surface area contributed by atoms with Gasteiger partial charge in [0.25, 0.3) is 5.91 Å². The number of hydrogen-bond acceptors (Lipinski definition) is 3. The summed E-state index contributed by atoms with van der Waals surface area (Å²) in [5.74, 6) is 0.604. The fourth-order valence-corrected chi connectivity index (χ4v) is 3.22. The van der Waals surface area contributed by atoms with Gasteiger partial charge in [-0.1, -0.05) is 49.4 Å². The highest BCUT2D eigenvalue weighted by molar-refractivity contribution is 6.07. The molecule has 5 nitrogen and oxygen atoms in total. The summed E-state index contributed by atoms with van der Waals surface area (Å²) in [6.45, 7) is 2.27. The van der Waals surface area contributed by atoms with Gasteiger partial charge in [-0.25, -0.2) is 4.79 Å². The van der Waals surface area contributed by atoms with E-state index in [2.05, 4.69) is 5.32 Å². The Morgan fingerprint density at radius 3 is 2.32 bits per heavy atom. The zero-order valence-electron chi connectivity index (χ0n) is 14.5. The number of rotatable bonds is 6. The van der Waals surface area contributed by atoms with Gasteiger partial charge in [0.2, 0.25) is 0 Å². The molecule has 130 valence electrons. The first-order valence-corrected chi connectivity index (χ1v) is 8.43. The summed E-state index contributed by atoms with van der Waals surface area (Å²) < 4.78 is 5.14. The van der Waals surface area contributed by atoms with Crippen molar-refractivity contribution in [2.45, 2.75) is 25.3 Å². The van der Waals surface area contributed by atoms with Crippen LogP contribution in [0.2, 0.25) is 0 Å². The Hall–Kier alpha value is -2.82. The van der Waals surface area contributed by atoms with Crippen LogP contribution in [-0.4, -0.2) is 30.5 Å². The van der Waals surface area contributed by atoms with Crippen LogP contribution in [0.25, 0.3) is 0 Å². The van der Waals surface area contributed by atoms with Crippen molar-refractivity contribution >= 4 is 11.9 Å². The van der Waals surface area contributed by atoms with Gasteiger partial charge in [0, 0.05) is 6.54 Å². The van der Waals surface area contributed by atoms with Crippen LogP contribution in [0, 0.1) is 0 Å². The second kappa shape index (κ2) is 6.97. The molecule has 25 heavy (non-hydrogen) atoms. The molecule has 5 heteroatoms. The summed E-state index contributed by atoms with van der Waals surface area (Å²) in [6.07, 6.45) is 1.12. The van der Waals surface area contributed by atoms with Crippen LogP contribution in [0.3, 0.4) is 0 Å². The number of carbonyl (C=O) groups is 2. The van der Waals surface area contributed by atoms with Crippen molar-refractivity contribution in [2.75, 3.05) is 13.7 Å². The molecule has 2 aromatic carbocycles. The van der Waals surface area contributed by atoms with Gasteiger partial charge in [-0.2, -0.15) is 0 Å². The van der Waals surface area contributed by atoms with E-state index in [4.69, 9.17) is 4.74 Å². The van der Waals surface area contributed by atoms with Crippen LogP contribution in [-0.2, 0) is 16.8 Å². The van der Waals surface area contributed by atoms with Gasteiger partial charge in [0.1, 0.15) is 11.3 Å². The van der Waals surface area contributed by atoms with Crippen molar-refractivity contribution in [1.29, 1.82) is 0 Å². The van der Waals surface area contributed by atoms with Gasteiger partial charge in [0.05, 0.1) is 7.11 Å². The normalized spacial score (nSPS) is 19.8. The molecule has 3 rings (SSSR count). The summed E-state index contributed by atoms with van der Waals surface area (Å²) in [6, 6.07) is 16.7. The van der Waals surface area contributed by atoms with Gasteiger partial charge in [-0.3, -0.25) is 9.69 Å². The van der Waals surface area contributed by atoms with E-state index in [-0.39, 0.29) is 11.9 Å². The van der Waals surface area contributed by atoms with E-state index in [9.17, 15) is 9.59 Å². The highest BCUT2D eigenvalue weighted by Gasteiger charge is 2.50. The number of imide groups is 1. The van der Waals surface area contributed by atoms with Gasteiger partial charge in [0.15, 0.2) is 0 Å². The van der Waals surface area contributed by atoms with E-state index in [0.29, 0.717) is 19.4 Å². The number of methoxy groups -OCH3 is 1. The van der Waals surface area contributed by atoms with E-state index < -0.39 is 5.54 Å².